The minimum atomic E-state index is -0.788. The van der Waals surface area contributed by atoms with Gasteiger partial charge in [-0.1, -0.05) is 0 Å². The lowest BCUT2D eigenvalue weighted by Crippen LogP contribution is -2.10. The first-order valence-corrected chi connectivity index (χ1v) is 9.37. The third-order valence-electron chi connectivity index (χ3n) is 4.50. The number of anilines is 1. The van der Waals surface area contributed by atoms with Gasteiger partial charge < -0.3 is 15.4 Å². The van der Waals surface area contributed by atoms with E-state index in [0.29, 0.717) is 0 Å². The highest BCUT2D eigenvalue weighted by atomic mass is 32.2. The molecule has 1 aliphatic carbocycles. The number of aliphatic carboxylic acids is 1. The Morgan fingerprint density at radius 3 is 3.00 bits per heavy atom. The SMILES string of the molecule is Cc1cc(NCC2CC2)c2[nH]c(C3=NC(CC(=O)O)CS3)cc2c1. The maximum Gasteiger partial charge on any atom is 0.305 e. The summed E-state index contributed by atoms with van der Waals surface area (Å²) in [5.41, 5.74) is 4.48. The van der Waals surface area contributed by atoms with Crippen LogP contribution in [0.4, 0.5) is 5.69 Å². The zero-order valence-electron chi connectivity index (χ0n) is 13.6. The van der Waals surface area contributed by atoms with Gasteiger partial charge in [0.25, 0.3) is 0 Å². The first kappa shape index (κ1) is 15.6. The van der Waals surface area contributed by atoms with Gasteiger partial charge in [0.1, 0.15) is 5.04 Å². The van der Waals surface area contributed by atoms with Crippen molar-refractivity contribution < 1.29 is 9.90 Å². The van der Waals surface area contributed by atoms with E-state index in [0.717, 1.165) is 40.2 Å². The lowest BCUT2D eigenvalue weighted by atomic mass is 10.1. The number of aryl methyl sites for hydroxylation is 1. The van der Waals surface area contributed by atoms with Gasteiger partial charge in [0.2, 0.25) is 0 Å². The largest absolute Gasteiger partial charge is 0.481 e. The molecule has 0 amide bonds. The van der Waals surface area contributed by atoms with Gasteiger partial charge in [-0.25, -0.2) is 0 Å². The number of aliphatic imine (C=N–C) groups is 1. The number of nitrogens with zero attached hydrogens (tertiary/aromatic N) is 1. The van der Waals surface area contributed by atoms with Crippen LogP contribution in [0.1, 0.15) is 30.5 Å². The van der Waals surface area contributed by atoms with E-state index in [4.69, 9.17) is 5.11 Å². The fourth-order valence-electron chi connectivity index (χ4n) is 3.09. The van der Waals surface area contributed by atoms with Crippen molar-refractivity contribution in [2.45, 2.75) is 32.2 Å². The van der Waals surface area contributed by atoms with Crippen molar-refractivity contribution in [3.8, 4) is 0 Å². The van der Waals surface area contributed by atoms with Crippen LogP contribution >= 0.6 is 11.8 Å². The van der Waals surface area contributed by atoms with Gasteiger partial charge in [-0.2, -0.15) is 0 Å². The van der Waals surface area contributed by atoms with E-state index in [1.54, 1.807) is 11.8 Å². The van der Waals surface area contributed by atoms with Gasteiger partial charge in [0, 0.05) is 17.7 Å². The Hall–Kier alpha value is -1.95. The molecular weight excluding hydrogens is 322 g/mol. The molecule has 2 aromatic rings. The van der Waals surface area contributed by atoms with E-state index in [-0.39, 0.29) is 12.5 Å². The van der Waals surface area contributed by atoms with Gasteiger partial charge in [-0.05, 0) is 49.4 Å². The van der Waals surface area contributed by atoms with E-state index in [9.17, 15) is 4.79 Å². The third kappa shape index (κ3) is 3.29. The number of nitrogens with one attached hydrogen (secondary N) is 2. The highest BCUT2D eigenvalue weighted by molar-refractivity contribution is 8.14. The number of fused-ring (bicyclic) bond motifs is 1. The summed E-state index contributed by atoms with van der Waals surface area (Å²) in [6, 6.07) is 6.36. The van der Waals surface area contributed by atoms with Crippen LogP contribution in [0, 0.1) is 12.8 Å². The summed E-state index contributed by atoms with van der Waals surface area (Å²) < 4.78 is 0. The number of carboxylic acids is 1. The molecule has 1 fully saturated rings. The Balaban J connectivity index is 1.62. The number of aromatic amines is 1. The Bertz CT molecular complexity index is 823. The van der Waals surface area contributed by atoms with Crippen molar-refractivity contribution >= 4 is 39.4 Å². The van der Waals surface area contributed by atoms with Crippen molar-refractivity contribution in [1.29, 1.82) is 0 Å². The number of thioether (sulfide) groups is 1. The van der Waals surface area contributed by atoms with E-state index >= 15 is 0 Å². The van der Waals surface area contributed by atoms with Crippen LogP contribution in [0.25, 0.3) is 10.9 Å². The van der Waals surface area contributed by atoms with Gasteiger partial charge in [0.05, 0.1) is 29.4 Å². The van der Waals surface area contributed by atoms with E-state index < -0.39 is 5.97 Å². The molecule has 1 aromatic heterocycles. The molecule has 1 saturated carbocycles. The van der Waals surface area contributed by atoms with Gasteiger partial charge in [0.15, 0.2) is 0 Å². The quantitative estimate of drug-likeness (QED) is 0.748. The normalized spacial score (nSPS) is 20.4. The van der Waals surface area contributed by atoms with Crippen LogP contribution in [0.5, 0.6) is 0 Å². The van der Waals surface area contributed by atoms with Crippen LogP contribution in [-0.2, 0) is 4.79 Å². The first-order chi connectivity index (χ1) is 11.6. The minimum absolute atomic E-state index is 0.101. The van der Waals surface area contributed by atoms with E-state index in [2.05, 4.69) is 40.4 Å². The maximum absolute atomic E-state index is 10.9. The number of aromatic nitrogens is 1. The topological polar surface area (TPSA) is 77.5 Å². The summed E-state index contributed by atoms with van der Waals surface area (Å²) in [6.45, 7) is 3.14. The monoisotopic (exact) mass is 343 g/mol. The summed E-state index contributed by atoms with van der Waals surface area (Å²) in [4.78, 5) is 18.9. The lowest BCUT2D eigenvalue weighted by Gasteiger charge is -2.08. The minimum Gasteiger partial charge on any atom is -0.481 e. The Kier molecular flexibility index (Phi) is 4.00. The van der Waals surface area contributed by atoms with Crippen molar-refractivity contribution in [3.63, 3.8) is 0 Å². The van der Waals surface area contributed by atoms with Crippen molar-refractivity contribution in [2.24, 2.45) is 10.9 Å². The van der Waals surface area contributed by atoms with Crippen LogP contribution in [0.15, 0.2) is 23.2 Å². The average Bonchev–Trinajstić information content (AvgIpc) is 3.07. The van der Waals surface area contributed by atoms with Gasteiger partial charge in [-0.15, -0.1) is 11.8 Å². The number of carboxylic acid groups (broad SMARTS) is 1. The fraction of sp³-hybridized carbons (Fsp3) is 0.444. The molecule has 0 spiro atoms. The summed E-state index contributed by atoms with van der Waals surface area (Å²) in [6.07, 6.45) is 2.76. The molecule has 1 unspecified atom stereocenters. The zero-order chi connectivity index (χ0) is 16.7. The Morgan fingerprint density at radius 1 is 1.42 bits per heavy atom. The summed E-state index contributed by atoms with van der Waals surface area (Å²) in [5, 5.41) is 14.6. The number of hydrogen-bond donors (Lipinski definition) is 3. The van der Waals surface area contributed by atoms with Crippen LogP contribution in [0.3, 0.4) is 0 Å². The second kappa shape index (κ2) is 6.16. The fourth-order valence-corrected chi connectivity index (χ4v) is 4.13. The second-order valence-corrected chi connectivity index (χ2v) is 7.79. The summed E-state index contributed by atoms with van der Waals surface area (Å²) in [7, 11) is 0. The standard InChI is InChI=1S/C18H21N3O2S/c1-10-4-12-6-15(18-20-13(9-24-18)7-16(22)23)21-17(12)14(5-10)19-8-11-2-3-11/h4-6,11,13,19,21H,2-3,7-9H2,1H3,(H,22,23). The number of carbonyl (C=O) groups is 1. The molecule has 24 heavy (non-hydrogen) atoms. The molecule has 126 valence electrons. The summed E-state index contributed by atoms with van der Waals surface area (Å²) >= 11 is 1.63. The van der Waals surface area contributed by atoms with Crippen LogP contribution < -0.4 is 5.32 Å². The molecule has 0 saturated heterocycles. The smallest absolute Gasteiger partial charge is 0.305 e. The molecule has 1 aliphatic heterocycles. The third-order valence-corrected chi connectivity index (χ3v) is 5.65. The zero-order valence-corrected chi connectivity index (χ0v) is 14.4. The predicted octanol–water partition coefficient (Wildman–Crippen LogP) is 3.63. The number of rotatable bonds is 6. The van der Waals surface area contributed by atoms with Crippen LogP contribution in [0.2, 0.25) is 0 Å². The summed E-state index contributed by atoms with van der Waals surface area (Å²) in [5.74, 6) is 0.772. The molecule has 4 rings (SSSR count). The molecule has 0 bridgehead atoms. The molecule has 3 N–H and O–H groups in total. The molecule has 2 heterocycles. The second-order valence-electron chi connectivity index (χ2n) is 6.78. The Morgan fingerprint density at radius 2 is 2.25 bits per heavy atom. The molecule has 0 radical (unpaired) electrons. The molecule has 5 nitrogen and oxygen atoms in total. The highest BCUT2D eigenvalue weighted by Gasteiger charge is 2.24. The van der Waals surface area contributed by atoms with Gasteiger partial charge in [-0.3, -0.25) is 9.79 Å². The van der Waals surface area contributed by atoms with Crippen molar-refractivity contribution in [1.82, 2.24) is 4.98 Å². The average molecular weight is 343 g/mol. The predicted molar refractivity (Wildman–Crippen MR) is 99.3 cm³/mol. The van der Waals surface area contributed by atoms with Crippen LogP contribution in [-0.4, -0.2) is 39.4 Å². The number of H-pyrrole nitrogens is 1. The lowest BCUT2D eigenvalue weighted by molar-refractivity contribution is -0.137. The first-order valence-electron chi connectivity index (χ1n) is 8.38. The molecule has 1 aromatic carbocycles. The maximum atomic E-state index is 10.9. The van der Waals surface area contributed by atoms with E-state index in [1.165, 1.54) is 23.8 Å². The molecular formula is C18H21N3O2S. The van der Waals surface area contributed by atoms with Crippen molar-refractivity contribution in [2.75, 3.05) is 17.6 Å². The van der Waals surface area contributed by atoms with Gasteiger partial charge >= 0.3 is 5.97 Å². The molecule has 1 atom stereocenters. The van der Waals surface area contributed by atoms with Crippen molar-refractivity contribution in [3.05, 3.63) is 29.5 Å². The molecule has 6 heteroatoms. The number of benzene rings is 1. The van der Waals surface area contributed by atoms with E-state index in [1.807, 2.05) is 0 Å². The Labute approximate surface area is 144 Å². The molecule has 2 aliphatic rings. The highest BCUT2D eigenvalue weighted by Crippen LogP contribution is 2.33. The number of hydrogen-bond acceptors (Lipinski definition) is 4.